The summed E-state index contributed by atoms with van der Waals surface area (Å²) in [6.45, 7) is 4.08. The first-order valence-electron chi connectivity index (χ1n) is 6.66. The van der Waals surface area contributed by atoms with Crippen molar-refractivity contribution in [2.75, 3.05) is 20.2 Å². The van der Waals surface area contributed by atoms with Gasteiger partial charge in [0.25, 0.3) is 0 Å². The third-order valence-corrected chi connectivity index (χ3v) is 3.45. The molecule has 0 radical (unpaired) electrons. The number of hydrogen-bond donors (Lipinski definition) is 1. The lowest BCUT2D eigenvalue weighted by atomic mass is 10.00. The molecule has 1 fully saturated rings. The first-order chi connectivity index (χ1) is 9.44. The lowest BCUT2D eigenvalue weighted by Crippen LogP contribution is -2.64. The van der Waals surface area contributed by atoms with Crippen LogP contribution < -0.4 is 10.1 Å². The molecule has 0 saturated carbocycles. The highest BCUT2D eigenvalue weighted by molar-refractivity contribution is 5.97. The molecule has 0 unspecified atom stereocenters. The average molecular weight is 276 g/mol. The first-order valence-corrected chi connectivity index (χ1v) is 6.66. The van der Waals surface area contributed by atoms with E-state index in [0.717, 1.165) is 11.3 Å². The summed E-state index contributed by atoms with van der Waals surface area (Å²) in [6.07, 6.45) is 0.666. The molecule has 5 heteroatoms. The Hall–Kier alpha value is -2.04. The summed E-state index contributed by atoms with van der Waals surface area (Å²) in [5.74, 6) is 0.641. The van der Waals surface area contributed by atoms with Gasteiger partial charge in [-0.3, -0.25) is 9.59 Å². The van der Waals surface area contributed by atoms with Crippen LogP contribution in [0.5, 0.6) is 5.75 Å². The van der Waals surface area contributed by atoms with E-state index in [1.165, 1.54) is 0 Å². The molecular formula is C15H20N2O3. The summed E-state index contributed by atoms with van der Waals surface area (Å²) in [6, 6.07) is 7.71. The number of carbonyl (C=O) groups excluding carboxylic acids is 2. The fourth-order valence-electron chi connectivity index (χ4n) is 2.43. The Morgan fingerprint density at radius 3 is 2.70 bits per heavy atom. The zero-order valence-corrected chi connectivity index (χ0v) is 12.1. The van der Waals surface area contributed by atoms with E-state index in [1.807, 2.05) is 24.3 Å². The average Bonchev–Trinajstić information content (AvgIpc) is 2.41. The summed E-state index contributed by atoms with van der Waals surface area (Å²) < 4.78 is 5.29. The number of nitrogens with one attached hydrogen (secondary N) is 1. The number of hydrogen-bond acceptors (Lipinski definition) is 3. The van der Waals surface area contributed by atoms with Gasteiger partial charge >= 0.3 is 0 Å². The molecule has 1 N–H and O–H groups in total. The van der Waals surface area contributed by atoms with Crippen LogP contribution in [0, 0.1) is 0 Å². The van der Waals surface area contributed by atoms with Crippen LogP contribution in [0.1, 0.15) is 19.4 Å². The van der Waals surface area contributed by atoms with E-state index in [1.54, 1.807) is 25.9 Å². The highest BCUT2D eigenvalue weighted by Gasteiger charge is 2.38. The molecule has 0 atom stereocenters. The van der Waals surface area contributed by atoms with Gasteiger partial charge in [0.15, 0.2) is 0 Å². The second-order valence-corrected chi connectivity index (χ2v) is 5.46. The van der Waals surface area contributed by atoms with Crippen LogP contribution in [0.25, 0.3) is 0 Å². The monoisotopic (exact) mass is 276 g/mol. The van der Waals surface area contributed by atoms with Gasteiger partial charge in [-0.2, -0.15) is 0 Å². The van der Waals surface area contributed by atoms with Crippen LogP contribution in [0.4, 0.5) is 0 Å². The maximum Gasteiger partial charge on any atom is 0.248 e. The minimum atomic E-state index is -0.823. The molecule has 1 aromatic carbocycles. The zero-order valence-electron chi connectivity index (χ0n) is 12.1. The van der Waals surface area contributed by atoms with Gasteiger partial charge in [-0.1, -0.05) is 18.2 Å². The number of benzene rings is 1. The molecule has 1 saturated heterocycles. The van der Waals surface area contributed by atoms with Crippen molar-refractivity contribution in [2.24, 2.45) is 0 Å². The lowest BCUT2D eigenvalue weighted by molar-refractivity contribution is -0.148. The van der Waals surface area contributed by atoms with Crippen LogP contribution in [0.3, 0.4) is 0 Å². The summed E-state index contributed by atoms with van der Waals surface area (Å²) >= 11 is 0. The normalized spacial score (nSPS) is 17.9. The van der Waals surface area contributed by atoms with E-state index in [2.05, 4.69) is 5.32 Å². The lowest BCUT2D eigenvalue weighted by Gasteiger charge is -2.37. The Balaban J connectivity index is 2.06. The van der Waals surface area contributed by atoms with Crippen molar-refractivity contribution in [1.82, 2.24) is 10.2 Å². The van der Waals surface area contributed by atoms with E-state index in [4.69, 9.17) is 4.74 Å². The van der Waals surface area contributed by atoms with Crippen LogP contribution in [0.2, 0.25) is 0 Å². The molecule has 1 aliphatic heterocycles. The van der Waals surface area contributed by atoms with Crippen molar-refractivity contribution in [3.8, 4) is 5.75 Å². The van der Waals surface area contributed by atoms with E-state index in [9.17, 15) is 9.59 Å². The third-order valence-electron chi connectivity index (χ3n) is 3.45. The highest BCUT2D eigenvalue weighted by atomic mass is 16.5. The van der Waals surface area contributed by atoms with Crippen LogP contribution >= 0.6 is 0 Å². The van der Waals surface area contributed by atoms with Gasteiger partial charge in [-0.05, 0) is 31.9 Å². The molecule has 0 aliphatic carbocycles. The Morgan fingerprint density at radius 1 is 1.30 bits per heavy atom. The second-order valence-electron chi connectivity index (χ2n) is 5.46. The van der Waals surface area contributed by atoms with Crippen LogP contribution in [0.15, 0.2) is 24.3 Å². The predicted molar refractivity (Wildman–Crippen MR) is 75.5 cm³/mol. The number of rotatable bonds is 4. The Kier molecular flexibility index (Phi) is 3.97. The summed E-state index contributed by atoms with van der Waals surface area (Å²) in [5.41, 5.74) is 0.211. The molecule has 5 nitrogen and oxygen atoms in total. The van der Waals surface area contributed by atoms with Gasteiger partial charge < -0.3 is 15.0 Å². The largest absolute Gasteiger partial charge is 0.496 e. The van der Waals surface area contributed by atoms with Gasteiger partial charge in [-0.15, -0.1) is 0 Å². The zero-order chi connectivity index (χ0) is 14.8. The minimum absolute atomic E-state index is 0.0491. The Morgan fingerprint density at radius 2 is 2.00 bits per heavy atom. The Bertz CT molecular complexity index is 526. The van der Waals surface area contributed by atoms with Crippen molar-refractivity contribution < 1.29 is 14.3 Å². The SMILES string of the molecule is COc1ccccc1CCN1CC(=O)NC(C)(C)C1=O. The van der Waals surface area contributed by atoms with Gasteiger partial charge in [0.05, 0.1) is 13.7 Å². The van der Waals surface area contributed by atoms with Gasteiger partial charge in [0.1, 0.15) is 11.3 Å². The van der Waals surface area contributed by atoms with Crippen molar-refractivity contribution >= 4 is 11.8 Å². The maximum atomic E-state index is 12.2. The van der Waals surface area contributed by atoms with E-state index in [-0.39, 0.29) is 18.4 Å². The summed E-state index contributed by atoms with van der Waals surface area (Å²) in [4.78, 5) is 25.5. The van der Waals surface area contributed by atoms with Crippen molar-refractivity contribution in [1.29, 1.82) is 0 Å². The topological polar surface area (TPSA) is 58.6 Å². The molecule has 0 aromatic heterocycles. The molecule has 2 amide bonds. The Labute approximate surface area is 118 Å². The van der Waals surface area contributed by atoms with Crippen LogP contribution in [-0.4, -0.2) is 42.5 Å². The molecule has 1 heterocycles. The number of piperazine rings is 1. The quantitative estimate of drug-likeness (QED) is 0.891. The summed E-state index contributed by atoms with van der Waals surface area (Å²) in [7, 11) is 1.63. The van der Waals surface area contributed by atoms with Crippen molar-refractivity contribution in [3.05, 3.63) is 29.8 Å². The highest BCUT2D eigenvalue weighted by Crippen LogP contribution is 2.19. The molecular weight excluding hydrogens is 256 g/mol. The number of para-hydroxylation sites is 1. The number of amides is 2. The van der Waals surface area contributed by atoms with Crippen LogP contribution in [-0.2, 0) is 16.0 Å². The van der Waals surface area contributed by atoms with E-state index < -0.39 is 5.54 Å². The third kappa shape index (κ3) is 2.92. The molecule has 0 spiro atoms. The molecule has 0 bridgehead atoms. The fourth-order valence-corrected chi connectivity index (χ4v) is 2.43. The predicted octanol–water partition coefficient (Wildman–Crippen LogP) is 0.975. The van der Waals surface area contributed by atoms with Gasteiger partial charge in [0.2, 0.25) is 11.8 Å². The number of carbonyl (C=O) groups is 2. The molecule has 2 rings (SSSR count). The van der Waals surface area contributed by atoms with Crippen molar-refractivity contribution in [3.63, 3.8) is 0 Å². The number of methoxy groups -OCH3 is 1. The van der Waals surface area contributed by atoms with Gasteiger partial charge in [-0.25, -0.2) is 0 Å². The fraction of sp³-hybridized carbons (Fsp3) is 0.467. The minimum Gasteiger partial charge on any atom is -0.496 e. The van der Waals surface area contributed by atoms with Gasteiger partial charge in [0, 0.05) is 6.54 Å². The first kappa shape index (κ1) is 14.4. The van der Waals surface area contributed by atoms with Crippen molar-refractivity contribution in [2.45, 2.75) is 25.8 Å². The molecule has 1 aliphatic rings. The smallest absolute Gasteiger partial charge is 0.248 e. The number of nitrogens with zero attached hydrogens (tertiary/aromatic N) is 1. The summed E-state index contributed by atoms with van der Waals surface area (Å²) in [5, 5.41) is 2.70. The molecule has 1 aromatic rings. The maximum absolute atomic E-state index is 12.2. The standard InChI is InChI=1S/C15H20N2O3/c1-15(2)14(19)17(10-13(18)16-15)9-8-11-6-4-5-7-12(11)20-3/h4-7H,8-10H2,1-3H3,(H,16,18). The van der Waals surface area contributed by atoms with E-state index >= 15 is 0 Å². The van der Waals surface area contributed by atoms with E-state index in [0.29, 0.717) is 13.0 Å². The second kappa shape index (κ2) is 5.53. The molecule has 108 valence electrons. The molecule has 20 heavy (non-hydrogen) atoms. The number of ether oxygens (including phenoxy) is 1.